The van der Waals surface area contributed by atoms with Crippen LogP contribution in [0.1, 0.15) is 28.2 Å². The van der Waals surface area contributed by atoms with Gasteiger partial charge in [-0.3, -0.25) is 4.79 Å². The maximum absolute atomic E-state index is 13.6. The smallest absolute Gasteiger partial charge is 0.328 e. The molecule has 1 aromatic carbocycles. The number of rotatable bonds is 8. The Balaban J connectivity index is 1.86. The summed E-state index contributed by atoms with van der Waals surface area (Å²) >= 11 is 0. The molecule has 1 heterocycles. The minimum Gasteiger partial charge on any atom is -0.480 e. The first-order valence-electron chi connectivity index (χ1n) is 8.60. The molecule has 1 aliphatic rings. The molecule has 0 saturated heterocycles. The van der Waals surface area contributed by atoms with Gasteiger partial charge in [-0.1, -0.05) is 12.1 Å². The number of carbonyl (C=O) groups is 2. The Labute approximate surface area is 155 Å². The topological polar surface area (TPSA) is 93.5 Å². The van der Waals surface area contributed by atoms with Crippen LogP contribution in [0.4, 0.5) is 4.39 Å². The van der Waals surface area contributed by atoms with Crippen molar-refractivity contribution in [3.63, 3.8) is 0 Å². The molecule has 1 amide bonds. The third kappa shape index (κ3) is 4.06. The van der Waals surface area contributed by atoms with Gasteiger partial charge in [-0.25, -0.2) is 13.9 Å². The molecule has 3 rings (SSSR count). The van der Waals surface area contributed by atoms with E-state index in [-0.39, 0.29) is 18.9 Å². The van der Waals surface area contributed by atoms with Crippen molar-refractivity contribution in [1.29, 1.82) is 0 Å². The molecule has 2 aromatic rings. The molecule has 2 N–H and O–H groups in total. The minimum absolute atomic E-state index is 0.168. The van der Waals surface area contributed by atoms with Gasteiger partial charge < -0.3 is 15.2 Å². The quantitative estimate of drug-likeness (QED) is 0.544. The van der Waals surface area contributed by atoms with Crippen molar-refractivity contribution < 1.29 is 23.8 Å². The van der Waals surface area contributed by atoms with Crippen LogP contribution in [0.15, 0.2) is 36.9 Å². The summed E-state index contributed by atoms with van der Waals surface area (Å²) in [5.41, 5.74) is 2.31. The summed E-state index contributed by atoms with van der Waals surface area (Å²) in [6.45, 7) is 3.49. The van der Waals surface area contributed by atoms with Crippen LogP contribution in [0.25, 0.3) is 5.69 Å². The number of fused-ring (bicyclic) bond motifs is 1. The molecule has 1 aromatic heterocycles. The van der Waals surface area contributed by atoms with Crippen molar-refractivity contribution in [3.05, 3.63) is 59.7 Å². The van der Waals surface area contributed by atoms with Gasteiger partial charge in [0.15, 0.2) is 11.7 Å². The van der Waals surface area contributed by atoms with E-state index in [1.165, 1.54) is 18.2 Å². The summed E-state index contributed by atoms with van der Waals surface area (Å²) < 4.78 is 20.3. The van der Waals surface area contributed by atoms with Crippen molar-refractivity contribution in [1.82, 2.24) is 15.1 Å². The lowest BCUT2D eigenvalue weighted by atomic mass is 10.2. The van der Waals surface area contributed by atoms with Gasteiger partial charge in [0.05, 0.1) is 18.9 Å². The minimum atomic E-state index is -1.20. The molecule has 0 saturated carbocycles. The van der Waals surface area contributed by atoms with Gasteiger partial charge >= 0.3 is 5.97 Å². The summed E-state index contributed by atoms with van der Waals surface area (Å²) in [5.74, 6) is -2.18. The van der Waals surface area contributed by atoms with E-state index in [1.807, 2.05) is 0 Å². The zero-order chi connectivity index (χ0) is 19.4. The first-order valence-corrected chi connectivity index (χ1v) is 8.60. The second kappa shape index (κ2) is 8.13. The number of hydrogen-bond acceptors (Lipinski definition) is 4. The Bertz CT molecular complexity index is 878. The molecule has 27 heavy (non-hydrogen) atoms. The van der Waals surface area contributed by atoms with Crippen LogP contribution in [0.3, 0.4) is 0 Å². The van der Waals surface area contributed by atoms with Gasteiger partial charge in [0.1, 0.15) is 5.82 Å². The predicted molar refractivity (Wildman–Crippen MR) is 95.5 cm³/mol. The van der Waals surface area contributed by atoms with Crippen LogP contribution in [0.5, 0.6) is 0 Å². The third-order valence-corrected chi connectivity index (χ3v) is 4.32. The normalized spacial score (nSPS) is 13.8. The zero-order valence-electron chi connectivity index (χ0n) is 14.7. The van der Waals surface area contributed by atoms with E-state index in [4.69, 9.17) is 4.74 Å². The molecule has 142 valence electrons. The number of hydrogen-bond donors (Lipinski definition) is 2. The van der Waals surface area contributed by atoms with E-state index < -0.39 is 23.7 Å². The highest BCUT2D eigenvalue weighted by Crippen LogP contribution is 2.28. The van der Waals surface area contributed by atoms with Gasteiger partial charge in [0, 0.05) is 11.3 Å². The third-order valence-electron chi connectivity index (χ3n) is 4.32. The van der Waals surface area contributed by atoms with Gasteiger partial charge in [0.2, 0.25) is 0 Å². The summed E-state index contributed by atoms with van der Waals surface area (Å²) in [4.78, 5) is 24.0. The number of nitrogens with one attached hydrogen (secondary N) is 1. The average molecular weight is 373 g/mol. The molecule has 7 nitrogen and oxygen atoms in total. The first kappa shape index (κ1) is 18.8. The van der Waals surface area contributed by atoms with Crippen molar-refractivity contribution in [2.45, 2.75) is 25.3 Å². The molecule has 8 heteroatoms. The number of carboxylic acids is 1. The average Bonchev–Trinajstić information content (AvgIpc) is 3.23. The number of carboxylic acid groups (broad SMARTS) is 1. The molecule has 1 aliphatic carbocycles. The van der Waals surface area contributed by atoms with E-state index in [9.17, 15) is 19.1 Å². The Kier molecular flexibility index (Phi) is 5.66. The predicted octanol–water partition coefficient (Wildman–Crippen LogP) is 1.89. The highest BCUT2D eigenvalue weighted by atomic mass is 19.1. The molecule has 1 atom stereocenters. The number of carbonyl (C=O) groups excluding carboxylic acids is 1. The Morgan fingerprint density at radius 2 is 2.26 bits per heavy atom. The van der Waals surface area contributed by atoms with Crippen LogP contribution in [-0.2, 0) is 22.4 Å². The van der Waals surface area contributed by atoms with Crippen LogP contribution in [-0.4, -0.2) is 46.0 Å². The van der Waals surface area contributed by atoms with E-state index in [1.54, 1.807) is 16.8 Å². The van der Waals surface area contributed by atoms with Crippen molar-refractivity contribution >= 4 is 11.9 Å². The Morgan fingerprint density at radius 3 is 2.96 bits per heavy atom. The van der Waals surface area contributed by atoms with Crippen molar-refractivity contribution in [2.24, 2.45) is 0 Å². The van der Waals surface area contributed by atoms with Crippen molar-refractivity contribution in [2.75, 3.05) is 13.2 Å². The lowest BCUT2D eigenvalue weighted by Gasteiger charge is -2.13. The van der Waals surface area contributed by atoms with Gasteiger partial charge in [-0.2, -0.15) is 5.10 Å². The number of aliphatic carboxylic acids is 1. The molecular weight excluding hydrogens is 353 g/mol. The first-order chi connectivity index (χ1) is 13.0. The second-order valence-electron chi connectivity index (χ2n) is 6.21. The maximum Gasteiger partial charge on any atom is 0.328 e. The number of benzene rings is 1. The SMILES string of the molecule is C=CCOCC(NC(=O)c1nn(-c2cccc(F)c2)c2c1CCC2)C(=O)O. The number of nitrogens with zero attached hydrogens (tertiary/aromatic N) is 2. The van der Waals surface area contributed by atoms with Crippen LogP contribution in [0.2, 0.25) is 0 Å². The van der Waals surface area contributed by atoms with Crippen molar-refractivity contribution in [3.8, 4) is 5.69 Å². The van der Waals surface area contributed by atoms with Crippen LogP contribution in [0, 0.1) is 5.82 Å². The number of halogens is 1. The summed E-state index contributed by atoms with van der Waals surface area (Å²) in [7, 11) is 0. The fourth-order valence-corrected chi connectivity index (χ4v) is 3.11. The highest BCUT2D eigenvalue weighted by molar-refractivity contribution is 5.96. The Hall–Kier alpha value is -3.00. The Morgan fingerprint density at radius 1 is 1.44 bits per heavy atom. The molecule has 1 unspecified atom stereocenters. The largest absolute Gasteiger partial charge is 0.480 e. The fourth-order valence-electron chi connectivity index (χ4n) is 3.11. The van der Waals surface area contributed by atoms with E-state index >= 15 is 0 Å². The molecule has 0 aliphatic heterocycles. The zero-order valence-corrected chi connectivity index (χ0v) is 14.7. The molecule has 0 bridgehead atoms. The summed E-state index contributed by atoms with van der Waals surface area (Å²) in [6.07, 6.45) is 3.73. The second-order valence-corrected chi connectivity index (χ2v) is 6.21. The summed E-state index contributed by atoms with van der Waals surface area (Å²) in [6, 6.07) is 4.76. The maximum atomic E-state index is 13.6. The molecule has 0 radical (unpaired) electrons. The number of ether oxygens (including phenoxy) is 1. The number of aromatic nitrogens is 2. The molecule has 0 spiro atoms. The number of amides is 1. The van der Waals surface area contributed by atoms with Crippen LogP contribution >= 0.6 is 0 Å². The van der Waals surface area contributed by atoms with Gasteiger partial charge in [-0.15, -0.1) is 6.58 Å². The van der Waals surface area contributed by atoms with Gasteiger partial charge in [0.25, 0.3) is 5.91 Å². The van der Waals surface area contributed by atoms with E-state index in [2.05, 4.69) is 17.0 Å². The highest BCUT2D eigenvalue weighted by Gasteiger charge is 2.29. The van der Waals surface area contributed by atoms with E-state index in [0.717, 1.165) is 24.1 Å². The molecular formula is C19H20FN3O4. The molecule has 0 fully saturated rings. The van der Waals surface area contributed by atoms with Crippen LogP contribution < -0.4 is 5.32 Å². The van der Waals surface area contributed by atoms with E-state index in [0.29, 0.717) is 12.1 Å². The monoisotopic (exact) mass is 373 g/mol. The lowest BCUT2D eigenvalue weighted by Crippen LogP contribution is -2.44. The summed E-state index contributed by atoms with van der Waals surface area (Å²) in [5, 5.41) is 16.1. The lowest BCUT2D eigenvalue weighted by molar-refractivity contribution is -0.140. The fraction of sp³-hybridized carbons (Fsp3) is 0.316. The van der Waals surface area contributed by atoms with Gasteiger partial charge in [-0.05, 0) is 37.5 Å². The standard InChI is InChI=1S/C19H20FN3O4/c1-2-9-27-11-15(19(25)26)21-18(24)17-14-7-4-8-16(14)23(22-17)13-6-3-5-12(20)10-13/h2-3,5-6,10,15H,1,4,7-9,11H2,(H,21,24)(H,25,26).